The van der Waals surface area contributed by atoms with Crippen molar-refractivity contribution in [1.29, 1.82) is 0 Å². The Morgan fingerprint density at radius 3 is 2.24 bits per heavy atom. The van der Waals surface area contributed by atoms with E-state index >= 15 is 0 Å². The number of thioether (sulfide) groups is 1. The van der Waals surface area contributed by atoms with Gasteiger partial charge in [-0.15, -0.1) is 0 Å². The summed E-state index contributed by atoms with van der Waals surface area (Å²) in [4.78, 5) is 11.3. The van der Waals surface area contributed by atoms with Gasteiger partial charge in [0.15, 0.2) is 0 Å². The van der Waals surface area contributed by atoms with E-state index in [0.29, 0.717) is 21.8 Å². The van der Waals surface area contributed by atoms with Crippen LogP contribution < -0.4 is 5.73 Å². The molecular weight excluding hydrogens is 234 g/mol. The largest absolute Gasteiger partial charge is 0.468 e. The molecule has 2 N–H and O–H groups in total. The number of rotatable bonds is 4. The molecule has 1 atom stereocenters. The molecule has 100 valence electrons. The van der Waals surface area contributed by atoms with Crippen LogP contribution in [0.25, 0.3) is 0 Å². The average molecular weight is 259 g/mol. The van der Waals surface area contributed by atoms with Gasteiger partial charge in [-0.2, -0.15) is 11.8 Å². The minimum absolute atomic E-state index is 0.314. The van der Waals surface area contributed by atoms with E-state index < -0.39 is 6.04 Å². The van der Waals surface area contributed by atoms with E-state index in [4.69, 9.17) is 5.73 Å². The second kappa shape index (κ2) is 5.19. The number of methoxy groups -OCH3 is 1. The molecule has 0 aromatic rings. The van der Waals surface area contributed by atoms with Crippen LogP contribution in [0, 0.1) is 10.8 Å². The van der Waals surface area contributed by atoms with Crippen molar-refractivity contribution in [3.05, 3.63) is 0 Å². The Hall–Kier alpha value is -0.220. The highest BCUT2D eigenvalue weighted by atomic mass is 32.2. The van der Waals surface area contributed by atoms with Gasteiger partial charge in [-0.25, -0.2) is 0 Å². The van der Waals surface area contributed by atoms with E-state index in [0.717, 1.165) is 0 Å². The van der Waals surface area contributed by atoms with Crippen molar-refractivity contribution in [3.8, 4) is 0 Å². The molecule has 0 aliphatic heterocycles. The third-order valence-corrected chi connectivity index (χ3v) is 5.94. The molecule has 3 nitrogen and oxygen atoms in total. The second-order valence-electron chi connectivity index (χ2n) is 6.32. The van der Waals surface area contributed by atoms with Crippen LogP contribution in [0.1, 0.15) is 40.5 Å². The van der Waals surface area contributed by atoms with Gasteiger partial charge in [0, 0.05) is 11.0 Å². The van der Waals surface area contributed by atoms with Gasteiger partial charge in [-0.3, -0.25) is 4.79 Å². The normalized spacial score (nSPS) is 24.6. The maximum Gasteiger partial charge on any atom is 0.323 e. The van der Waals surface area contributed by atoms with Crippen molar-refractivity contribution >= 4 is 17.7 Å². The molecule has 1 aliphatic carbocycles. The highest BCUT2D eigenvalue weighted by Crippen LogP contribution is 2.54. The Morgan fingerprint density at radius 1 is 1.35 bits per heavy atom. The van der Waals surface area contributed by atoms with Crippen LogP contribution in [-0.4, -0.2) is 30.1 Å². The molecule has 0 aromatic heterocycles. The third-order valence-electron chi connectivity index (χ3n) is 3.78. The Kier molecular flexibility index (Phi) is 4.53. The van der Waals surface area contributed by atoms with Crippen molar-refractivity contribution in [2.75, 3.05) is 12.9 Å². The smallest absolute Gasteiger partial charge is 0.323 e. The Morgan fingerprint density at radius 2 is 1.82 bits per heavy atom. The van der Waals surface area contributed by atoms with E-state index in [1.54, 1.807) is 0 Å². The summed E-state index contributed by atoms with van der Waals surface area (Å²) < 4.78 is 4.65. The fourth-order valence-corrected chi connectivity index (χ4v) is 4.51. The van der Waals surface area contributed by atoms with Crippen LogP contribution in [0.15, 0.2) is 0 Å². The zero-order chi connectivity index (χ0) is 13.3. The summed E-state index contributed by atoms with van der Waals surface area (Å²) in [6, 6.07) is -0.503. The number of hydrogen-bond acceptors (Lipinski definition) is 4. The number of carbonyl (C=O) groups excluding carboxylic acids is 1. The summed E-state index contributed by atoms with van der Waals surface area (Å²) >= 11 is 1.82. The number of ether oxygens (including phenoxy) is 1. The lowest BCUT2D eigenvalue weighted by atomic mass is 9.84. The summed E-state index contributed by atoms with van der Waals surface area (Å²) in [6.45, 7) is 9.23. The van der Waals surface area contributed by atoms with E-state index in [9.17, 15) is 4.79 Å². The van der Waals surface area contributed by atoms with Crippen molar-refractivity contribution < 1.29 is 9.53 Å². The van der Waals surface area contributed by atoms with Gasteiger partial charge >= 0.3 is 5.97 Å². The summed E-state index contributed by atoms with van der Waals surface area (Å²) in [5, 5.41) is 0.547. The van der Waals surface area contributed by atoms with Crippen molar-refractivity contribution in [2.24, 2.45) is 16.6 Å². The first kappa shape index (κ1) is 14.8. The van der Waals surface area contributed by atoms with E-state index in [1.165, 1.54) is 20.0 Å². The SMILES string of the molecule is COC(=O)[C@@H](N)CSC1C(C)(C)CCC1(C)C. The van der Waals surface area contributed by atoms with Gasteiger partial charge in [-0.1, -0.05) is 27.7 Å². The van der Waals surface area contributed by atoms with Gasteiger partial charge in [0.1, 0.15) is 6.04 Å². The lowest BCUT2D eigenvalue weighted by Crippen LogP contribution is -2.37. The van der Waals surface area contributed by atoms with E-state index in [1.807, 2.05) is 11.8 Å². The molecule has 1 saturated carbocycles. The number of esters is 1. The lowest BCUT2D eigenvalue weighted by Gasteiger charge is -2.35. The number of hydrogen-bond donors (Lipinski definition) is 1. The Bertz CT molecular complexity index is 273. The Balaban J connectivity index is 2.58. The summed E-state index contributed by atoms with van der Waals surface area (Å²) in [5.74, 6) is 0.329. The average Bonchev–Trinajstić information content (AvgIpc) is 2.45. The first-order valence-electron chi connectivity index (χ1n) is 6.16. The van der Waals surface area contributed by atoms with Gasteiger partial charge in [0.05, 0.1) is 7.11 Å². The lowest BCUT2D eigenvalue weighted by molar-refractivity contribution is -0.141. The van der Waals surface area contributed by atoms with E-state index in [2.05, 4.69) is 32.4 Å². The topological polar surface area (TPSA) is 52.3 Å². The molecule has 0 spiro atoms. The van der Waals surface area contributed by atoms with Crippen LogP contribution in [0.2, 0.25) is 0 Å². The summed E-state index contributed by atoms with van der Waals surface area (Å²) in [7, 11) is 1.39. The van der Waals surface area contributed by atoms with Crippen LogP contribution in [0.5, 0.6) is 0 Å². The predicted molar refractivity (Wildman–Crippen MR) is 73.0 cm³/mol. The van der Waals surface area contributed by atoms with Crippen molar-refractivity contribution in [1.82, 2.24) is 0 Å². The number of carbonyl (C=O) groups is 1. The zero-order valence-corrected chi connectivity index (χ0v) is 12.4. The molecule has 0 bridgehead atoms. The third kappa shape index (κ3) is 3.38. The second-order valence-corrected chi connectivity index (χ2v) is 7.46. The van der Waals surface area contributed by atoms with Gasteiger partial charge in [0.25, 0.3) is 0 Å². The number of nitrogens with two attached hydrogens (primary N) is 1. The molecule has 0 unspecified atom stereocenters. The maximum atomic E-state index is 11.3. The molecule has 0 amide bonds. The molecular formula is C13H25NO2S. The van der Waals surface area contributed by atoms with Gasteiger partial charge < -0.3 is 10.5 Å². The maximum absolute atomic E-state index is 11.3. The van der Waals surface area contributed by atoms with Crippen LogP contribution in [0.3, 0.4) is 0 Å². The molecule has 4 heteroatoms. The fourth-order valence-electron chi connectivity index (χ4n) is 2.83. The predicted octanol–water partition coefficient (Wildman–Crippen LogP) is 2.43. The fraction of sp³-hybridized carbons (Fsp3) is 0.923. The van der Waals surface area contributed by atoms with Crippen molar-refractivity contribution in [2.45, 2.75) is 51.8 Å². The van der Waals surface area contributed by atoms with Crippen LogP contribution in [0.4, 0.5) is 0 Å². The standard InChI is InChI=1S/C13H25NO2S/c1-12(2)6-7-13(3,4)11(12)17-8-9(14)10(15)16-5/h9,11H,6-8,14H2,1-5H3/t9-/m0/s1. The van der Waals surface area contributed by atoms with Crippen LogP contribution in [-0.2, 0) is 9.53 Å². The quantitative estimate of drug-likeness (QED) is 0.788. The molecule has 1 rings (SSSR count). The van der Waals surface area contributed by atoms with Gasteiger partial charge in [0.2, 0.25) is 0 Å². The first-order valence-corrected chi connectivity index (χ1v) is 7.20. The van der Waals surface area contributed by atoms with Crippen molar-refractivity contribution in [3.63, 3.8) is 0 Å². The minimum Gasteiger partial charge on any atom is -0.468 e. The molecule has 1 aliphatic rings. The monoisotopic (exact) mass is 259 g/mol. The molecule has 0 aromatic carbocycles. The van der Waals surface area contributed by atoms with Crippen LogP contribution >= 0.6 is 11.8 Å². The molecule has 1 fully saturated rings. The molecule has 0 heterocycles. The highest BCUT2D eigenvalue weighted by molar-refractivity contribution is 8.00. The van der Waals surface area contributed by atoms with Gasteiger partial charge in [-0.05, 0) is 23.7 Å². The molecule has 0 radical (unpaired) electrons. The summed E-state index contributed by atoms with van der Waals surface area (Å²) in [6.07, 6.45) is 2.48. The molecule has 17 heavy (non-hydrogen) atoms. The summed E-state index contributed by atoms with van der Waals surface area (Å²) in [5.41, 5.74) is 6.43. The zero-order valence-electron chi connectivity index (χ0n) is 11.6. The van der Waals surface area contributed by atoms with E-state index in [-0.39, 0.29) is 5.97 Å². The first-order chi connectivity index (χ1) is 7.70. The molecule has 0 saturated heterocycles. The highest BCUT2D eigenvalue weighted by Gasteiger charge is 2.47. The minimum atomic E-state index is -0.503. The Labute approximate surface area is 109 Å².